The second-order valence-electron chi connectivity index (χ2n) is 5.70. The van der Waals surface area contributed by atoms with E-state index in [0.29, 0.717) is 11.3 Å². The molecule has 0 aliphatic heterocycles. The lowest BCUT2D eigenvalue weighted by molar-refractivity contribution is 0.102. The summed E-state index contributed by atoms with van der Waals surface area (Å²) in [6.45, 7) is 2.08. The standard InChI is InChI=1S/C18H18N4O3S3/c1-13-7-5-6-10-15(13)16(23)20-17-21-22-18(27-17)28(24,25)19-11-12-26-14-8-3-2-4-9-14/h2-10,19H,11-12H2,1H3,(H,20,21,23). The molecule has 0 bridgehead atoms. The van der Waals surface area contributed by atoms with Crippen LogP contribution in [0.5, 0.6) is 0 Å². The van der Waals surface area contributed by atoms with Crippen molar-refractivity contribution in [3.05, 3.63) is 65.7 Å². The first-order valence-electron chi connectivity index (χ1n) is 8.34. The van der Waals surface area contributed by atoms with Gasteiger partial charge in [0, 0.05) is 22.8 Å². The van der Waals surface area contributed by atoms with Crippen LogP contribution in [0.25, 0.3) is 0 Å². The van der Waals surface area contributed by atoms with E-state index in [0.717, 1.165) is 21.8 Å². The number of sulfonamides is 1. The number of rotatable bonds is 8. The summed E-state index contributed by atoms with van der Waals surface area (Å²) < 4.78 is 27.0. The van der Waals surface area contributed by atoms with Crippen molar-refractivity contribution < 1.29 is 13.2 Å². The van der Waals surface area contributed by atoms with Crippen molar-refractivity contribution in [3.8, 4) is 0 Å². The van der Waals surface area contributed by atoms with E-state index in [1.54, 1.807) is 23.9 Å². The van der Waals surface area contributed by atoms with E-state index in [9.17, 15) is 13.2 Å². The van der Waals surface area contributed by atoms with Gasteiger partial charge in [-0.15, -0.1) is 22.0 Å². The highest BCUT2D eigenvalue weighted by atomic mass is 32.2. The molecular formula is C18H18N4O3S3. The van der Waals surface area contributed by atoms with Crippen molar-refractivity contribution in [3.63, 3.8) is 0 Å². The van der Waals surface area contributed by atoms with Crippen molar-refractivity contribution in [1.29, 1.82) is 0 Å². The summed E-state index contributed by atoms with van der Waals surface area (Å²) in [4.78, 5) is 13.4. The number of thioether (sulfide) groups is 1. The molecule has 1 heterocycles. The minimum Gasteiger partial charge on any atom is -0.296 e. The van der Waals surface area contributed by atoms with Crippen LogP contribution in [0.15, 0.2) is 63.8 Å². The first kappa shape index (κ1) is 20.5. The molecule has 0 unspecified atom stereocenters. The van der Waals surface area contributed by atoms with Gasteiger partial charge in [-0.2, -0.15) is 0 Å². The zero-order chi connectivity index (χ0) is 20.0. The van der Waals surface area contributed by atoms with Gasteiger partial charge in [0.25, 0.3) is 15.9 Å². The van der Waals surface area contributed by atoms with E-state index in [4.69, 9.17) is 0 Å². The van der Waals surface area contributed by atoms with Crippen molar-refractivity contribution in [2.24, 2.45) is 0 Å². The quantitative estimate of drug-likeness (QED) is 0.321. The first-order valence-corrected chi connectivity index (χ1v) is 11.6. The number of nitrogens with zero attached hydrogens (tertiary/aromatic N) is 2. The van der Waals surface area contributed by atoms with Gasteiger partial charge in [-0.25, -0.2) is 13.1 Å². The third-order valence-electron chi connectivity index (χ3n) is 3.65. The molecule has 28 heavy (non-hydrogen) atoms. The highest BCUT2D eigenvalue weighted by Crippen LogP contribution is 2.21. The third-order valence-corrected chi connectivity index (χ3v) is 7.33. The summed E-state index contributed by atoms with van der Waals surface area (Å²) in [5, 5.41) is 10.2. The van der Waals surface area contributed by atoms with Crippen molar-refractivity contribution >= 4 is 44.2 Å². The molecule has 0 saturated carbocycles. The van der Waals surface area contributed by atoms with E-state index in [2.05, 4.69) is 20.2 Å². The Kier molecular flexibility index (Phi) is 6.79. The van der Waals surface area contributed by atoms with Gasteiger partial charge in [-0.3, -0.25) is 10.1 Å². The number of hydrogen-bond donors (Lipinski definition) is 2. The molecular weight excluding hydrogens is 416 g/mol. The Hall–Kier alpha value is -2.27. The normalized spacial score (nSPS) is 11.3. The summed E-state index contributed by atoms with van der Waals surface area (Å²) in [5.74, 6) is 0.226. The van der Waals surface area contributed by atoms with Crippen LogP contribution in [0.2, 0.25) is 0 Å². The highest BCUT2D eigenvalue weighted by molar-refractivity contribution is 7.99. The van der Waals surface area contributed by atoms with Gasteiger partial charge in [-0.1, -0.05) is 47.7 Å². The topological polar surface area (TPSA) is 101 Å². The Morgan fingerprint density at radius 1 is 1.07 bits per heavy atom. The largest absolute Gasteiger partial charge is 0.296 e. The molecule has 3 rings (SSSR count). The Morgan fingerprint density at radius 2 is 1.79 bits per heavy atom. The van der Waals surface area contributed by atoms with Gasteiger partial charge in [0.05, 0.1) is 0 Å². The molecule has 0 aliphatic carbocycles. The van der Waals surface area contributed by atoms with E-state index in [1.165, 1.54) is 0 Å². The van der Waals surface area contributed by atoms with Crippen LogP contribution in [0.3, 0.4) is 0 Å². The molecule has 0 atom stereocenters. The second kappa shape index (κ2) is 9.28. The van der Waals surface area contributed by atoms with Crippen LogP contribution in [0, 0.1) is 6.92 Å². The SMILES string of the molecule is Cc1ccccc1C(=O)Nc1nnc(S(=O)(=O)NCCSc2ccccc2)s1. The molecule has 0 saturated heterocycles. The Balaban J connectivity index is 1.56. The van der Waals surface area contributed by atoms with Crippen molar-refractivity contribution in [1.82, 2.24) is 14.9 Å². The fourth-order valence-electron chi connectivity index (χ4n) is 2.28. The fraction of sp³-hybridized carbons (Fsp3) is 0.167. The average Bonchev–Trinajstić information content (AvgIpc) is 3.16. The van der Waals surface area contributed by atoms with Crippen molar-refractivity contribution in [2.45, 2.75) is 16.2 Å². The number of aromatic nitrogens is 2. The number of anilines is 1. The van der Waals surface area contributed by atoms with Gasteiger partial charge in [0.2, 0.25) is 9.47 Å². The maximum absolute atomic E-state index is 12.3. The van der Waals surface area contributed by atoms with Crippen LogP contribution in [-0.4, -0.2) is 36.8 Å². The first-order chi connectivity index (χ1) is 13.5. The predicted octanol–water partition coefficient (Wildman–Crippen LogP) is 3.17. The van der Waals surface area contributed by atoms with Gasteiger partial charge < -0.3 is 0 Å². The molecule has 1 aromatic heterocycles. The highest BCUT2D eigenvalue weighted by Gasteiger charge is 2.21. The maximum atomic E-state index is 12.3. The van der Waals surface area contributed by atoms with Gasteiger partial charge in [0.15, 0.2) is 0 Å². The van der Waals surface area contributed by atoms with E-state index in [1.807, 2.05) is 49.4 Å². The van der Waals surface area contributed by atoms with Crippen LogP contribution in [-0.2, 0) is 10.0 Å². The van der Waals surface area contributed by atoms with Crippen LogP contribution < -0.4 is 10.0 Å². The smallest absolute Gasteiger partial charge is 0.269 e. The molecule has 0 fully saturated rings. The van der Waals surface area contributed by atoms with E-state index in [-0.39, 0.29) is 21.9 Å². The summed E-state index contributed by atoms with van der Waals surface area (Å²) in [5.41, 5.74) is 1.31. The number of carbonyl (C=O) groups is 1. The number of benzene rings is 2. The predicted molar refractivity (Wildman–Crippen MR) is 111 cm³/mol. The molecule has 0 aliphatic rings. The molecule has 0 spiro atoms. The second-order valence-corrected chi connectivity index (χ2v) is 9.79. The Morgan fingerprint density at radius 3 is 2.54 bits per heavy atom. The monoisotopic (exact) mass is 434 g/mol. The summed E-state index contributed by atoms with van der Waals surface area (Å²) in [7, 11) is -3.77. The average molecular weight is 435 g/mol. The zero-order valence-electron chi connectivity index (χ0n) is 15.0. The zero-order valence-corrected chi connectivity index (χ0v) is 17.4. The van der Waals surface area contributed by atoms with Crippen LogP contribution in [0.1, 0.15) is 15.9 Å². The lowest BCUT2D eigenvalue weighted by Gasteiger charge is -2.04. The maximum Gasteiger partial charge on any atom is 0.269 e. The summed E-state index contributed by atoms with van der Waals surface area (Å²) in [6, 6.07) is 16.8. The number of aryl methyl sites for hydroxylation is 1. The number of amides is 1. The molecule has 146 valence electrons. The number of hydrogen-bond acceptors (Lipinski definition) is 7. The Labute approximate surface area is 171 Å². The third kappa shape index (κ3) is 5.38. The van der Waals surface area contributed by atoms with Crippen LogP contribution >= 0.6 is 23.1 Å². The molecule has 3 aromatic rings. The van der Waals surface area contributed by atoms with Crippen LogP contribution in [0.4, 0.5) is 5.13 Å². The number of nitrogens with one attached hydrogen (secondary N) is 2. The molecule has 2 N–H and O–H groups in total. The molecule has 7 nitrogen and oxygen atoms in total. The molecule has 2 aromatic carbocycles. The lowest BCUT2D eigenvalue weighted by atomic mass is 10.1. The van der Waals surface area contributed by atoms with Gasteiger partial charge in [-0.05, 0) is 30.7 Å². The van der Waals surface area contributed by atoms with E-state index < -0.39 is 10.0 Å². The lowest BCUT2D eigenvalue weighted by Crippen LogP contribution is -2.25. The summed E-state index contributed by atoms with van der Waals surface area (Å²) >= 11 is 2.36. The molecule has 0 radical (unpaired) electrons. The van der Waals surface area contributed by atoms with Crippen molar-refractivity contribution in [2.75, 3.05) is 17.6 Å². The van der Waals surface area contributed by atoms with Gasteiger partial charge >= 0.3 is 0 Å². The molecule has 1 amide bonds. The minimum absolute atomic E-state index is 0.132. The van der Waals surface area contributed by atoms with E-state index >= 15 is 0 Å². The Bertz CT molecular complexity index is 1050. The van der Waals surface area contributed by atoms with Gasteiger partial charge in [0.1, 0.15) is 0 Å². The fourth-order valence-corrected chi connectivity index (χ4v) is 5.17. The summed E-state index contributed by atoms with van der Waals surface area (Å²) in [6.07, 6.45) is 0. The minimum atomic E-state index is -3.77. The number of carbonyl (C=O) groups excluding carboxylic acids is 1. The molecule has 10 heteroatoms.